The number of ether oxygens (including phenoxy) is 1. The van der Waals surface area contributed by atoms with E-state index in [0.717, 1.165) is 24.4 Å². The lowest BCUT2D eigenvalue weighted by atomic mass is 10.0. The number of methoxy groups -OCH3 is 1. The third-order valence-corrected chi connectivity index (χ3v) is 4.23. The first-order chi connectivity index (χ1) is 11.2. The molecule has 0 radical (unpaired) electrons. The van der Waals surface area contributed by atoms with Crippen molar-refractivity contribution in [2.45, 2.75) is 32.4 Å². The third kappa shape index (κ3) is 3.24. The summed E-state index contributed by atoms with van der Waals surface area (Å²) in [6.07, 6.45) is 8.32. The van der Waals surface area contributed by atoms with Crippen molar-refractivity contribution < 1.29 is 9.53 Å². The summed E-state index contributed by atoms with van der Waals surface area (Å²) >= 11 is 0. The van der Waals surface area contributed by atoms with Crippen molar-refractivity contribution in [1.82, 2.24) is 24.4 Å². The lowest BCUT2D eigenvalue weighted by molar-refractivity contribution is 0.0683. The summed E-state index contributed by atoms with van der Waals surface area (Å²) in [4.78, 5) is 26.7. The highest BCUT2D eigenvalue weighted by Gasteiger charge is 2.27. The van der Waals surface area contributed by atoms with Crippen molar-refractivity contribution >= 4 is 5.91 Å². The Kier molecular flexibility index (Phi) is 4.66. The monoisotopic (exact) mass is 315 g/mol. The predicted octanol–water partition coefficient (Wildman–Crippen LogP) is 1.61. The van der Waals surface area contributed by atoms with Gasteiger partial charge in [-0.05, 0) is 19.8 Å². The maximum atomic E-state index is 12.4. The fraction of sp³-hybridized carbons (Fsp3) is 0.500. The van der Waals surface area contributed by atoms with E-state index in [2.05, 4.69) is 26.4 Å². The van der Waals surface area contributed by atoms with Crippen LogP contribution in [-0.4, -0.2) is 50.5 Å². The maximum absolute atomic E-state index is 12.4. The van der Waals surface area contributed by atoms with E-state index in [0.29, 0.717) is 31.4 Å². The summed E-state index contributed by atoms with van der Waals surface area (Å²) < 4.78 is 7.47. The number of amides is 1. The van der Waals surface area contributed by atoms with Gasteiger partial charge in [0, 0.05) is 50.5 Å². The number of carbonyl (C=O) groups is 1. The highest BCUT2D eigenvalue weighted by molar-refractivity contribution is 5.92. The van der Waals surface area contributed by atoms with E-state index < -0.39 is 0 Å². The first kappa shape index (κ1) is 15.6. The van der Waals surface area contributed by atoms with Gasteiger partial charge in [0.1, 0.15) is 18.1 Å². The molecule has 0 spiro atoms. The van der Waals surface area contributed by atoms with Crippen molar-refractivity contribution in [3.8, 4) is 0 Å². The smallest absolute Gasteiger partial charge is 0.274 e. The minimum atomic E-state index is -0.0454. The molecule has 0 saturated carbocycles. The van der Waals surface area contributed by atoms with Gasteiger partial charge in [-0.1, -0.05) is 0 Å². The minimum Gasteiger partial charge on any atom is -0.377 e. The van der Waals surface area contributed by atoms with Crippen LogP contribution in [0, 0.1) is 6.92 Å². The van der Waals surface area contributed by atoms with Gasteiger partial charge in [0.05, 0.1) is 6.20 Å². The molecule has 2 aromatic rings. The second-order valence-corrected chi connectivity index (χ2v) is 5.73. The number of hydrogen-bond donors (Lipinski definition) is 0. The van der Waals surface area contributed by atoms with E-state index in [4.69, 9.17) is 4.74 Å². The topological polar surface area (TPSA) is 73.1 Å². The Balaban J connectivity index is 1.67. The molecule has 23 heavy (non-hydrogen) atoms. The molecule has 7 heteroatoms. The Morgan fingerprint density at radius 3 is 2.70 bits per heavy atom. The Morgan fingerprint density at radius 1 is 1.26 bits per heavy atom. The predicted molar refractivity (Wildman–Crippen MR) is 83.9 cm³/mol. The van der Waals surface area contributed by atoms with Crippen molar-refractivity contribution in [1.29, 1.82) is 0 Å². The first-order valence-electron chi connectivity index (χ1n) is 7.77. The lowest BCUT2D eigenvalue weighted by Gasteiger charge is -2.33. The Labute approximate surface area is 135 Å². The Bertz CT molecular complexity index is 662. The lowest BCUT2D eigenvalue weighted by Crippen LogP contribution is -2.39. The van der Waals surface area contributed by atoms with Gasteiger partial charge >= 0.3 is 0 Å². The second-order valence-electron chi connectivity index (χ2n) is 5.73. The van der Waals surface area contributed by atoms with Crippen LogP contribution in [-0.2, 0) is 11.3 Å². The summed E-state index contributed by atoms with van der Waals surface area (Å²) in [6, 6.07) is 0.355. The van der Waals surface area contributed by atoms with Crippen LogP contribution in [0.2, 0.25) is 0 Å². The average molecular weight is 315 g/mol. The van der Waals surface area contributed by atoms with E-state index in [1.165, 1.54) is 6.20 Å². The van der Waals surface area contributed by atoms with Crippen LogP contribution in [0.1, 0.15) is 40.9 Å². The van der Waals surface area contributed by atoms with Gasteiger partial charge in [0.2, 0.25) is 0 Å². The van der Waals surface area contributed by atoms with Gasteiger partial charge in [-0.3, -0.25) is 9.78 Å². The molecule has 0 N–H and O–H groups in total. The molecule has 7 nitrogen and oxygen atoms in total. The Morgan fingerprint density at radius 2 is 2.04 bits per heavy atom. The normalized spacial score (nSPS) is 15.8. The van der Waals surface area contributed by atoms with Crippen LogP contribution in [0.4, 0.5) is 0 Å². The van der Waals surface area contributed by atoms with Crippen LogP contribution < -0.4 is 0 Å². The van der Waals surface area contributed by atoms with Gasteiger partial charge in [-0.25, -0.2) is 9.97 Å². The number of aryl methyl sites for hydroxylation is 1. The van der Waals surface area contributed by atoms with Gasteiger partial charge < -0.3 is 14.2 Å². The fourth-order valence-corrected chi connectivity index (χ4v) is 3.13. The molecule has 0 aliphatic carbocycles. The largest absolute Gasteiger partial charge is 0.377 e. The van der Waals surface area contributed by atoms with Crippen LogP contribution in [0.25, 0.3) is 0 Å². The molecule has 0 unspecified atom stereocenters. The number of rotatable bonds is 4. The standard InChI is InChI=1S/C16H21N5O2/c1-12-9-19-15(11-23-2)21(12)13-3-7-20(8-4-13)16(22)14-10-17-5-6-18-14/h5-6,9-10,13H,3-4,7-8,11H2,1-2H3. The molecular weight excluding hydrogens is 294 g/mol. The number of carbonyl (C=O) groups excluding carboxylic acids is 1. The fourth-order valence-electron chi connectivity index (χ4n) is 3.13. The van der Waals surface area contributed by atoms with E-state index in [9.17, 15) is 4.79 Å². The van der Waals surface area contributed by atoms with Crippen LogP contribution >= 0.6 is 0 Å². The quantitative estimate of drug-likeness (QED) is 0.857. The molecule has 0 atom stereocenters. The third-order valence-electron chi connectivity index (χ3n) is 4.23. The number of nitrogens with zero attached hydrogens (tertiary/aromatic N) is 5. The summed E-state index contributed by atoms with van der Waals surface area (Å²) in [6.45, 7) is 3.99. The molecule has 3 rings (SSSR count). The zero-order valence-electron chi connectivity index (χ0n) is 13.5. The van der Waals surface area contributed by atoms with E-state index >= 15 is 0 Å². The van der Waals surface area contributed by atoms with Crippen LogP contribution in [0.15, 0.2) is 24.8 Å². The number of imidazole rings is 1. The zero-order chi connectivity index (χ0) is 16.2. The highest BCUT2D eigenvalue weighted by Crippen LogP contribution is 2.26. The molecular formula is C16H21N5O2. The molecule has 3 heterocycles. The SMILES string of the molecule is COCc1ncc(C)n1C1CCN(C(=O)c2cnccn2)CC1. The molecule has 2 aromatic heterocycles. The molecule has 0 bridgehead atoms. The van der Waals surface area contributed by atoms with Gasteiger partial charge in [0.15, 0.2) is 0 Å². The Hall–Kier alpha value is -2.28. The molecule has 122 valence electrons. The van der Waals surface area contributed by atoms with Crippen LogP contribution in [0.3, 0.4) is 0 Å². The summed E-state index contributed by atoms with van der Waals surface area (Å²) in [5.74, 6) is 0.903. The minimum absolute atomic E-state index is 0.0454. The van der Waals surface area contributed by atoms with Crippen molar-refractivity contribution in [3.05, 3.63) is 42.0 Å². The summed E-state index contributed by atoms with van der Waals surface area (Å²) in [5, 5.41) is 0. The maximum Gasteiger partial charge on any atom is 0.274 e. The van der Waals surface area contributed by atoms with Crippen molar-refractivity contribution in [3.63, 3.8) is 0 Å². The first-order valence-corrected chi connectivity index (χ1v) is 7.77. The van der Waals surface area contributed by atoms with Gasteiger partial charge in [0.25, 0.3) is 5.91 Å². The number of aromatic nitrogens is 4. The molecule has 1 aliphatic heterocycles. The average Bonchev–Trinajstić information content (AvgIpc) is 2.96. The molecule has 0 aromatic carbocycles. The summed E-state index contributed by atoms with van der Waals surface area (Å²) in [5.41, 5.74) is 1.54. The molecule has 1 saturated heterocycles. The zero-order valence-corrected chi connectivity index (χ0v) is 13.5. The summed E-state index contributed by atoms with van der Waals surface area (Å²) in [7, 11) is 1.68. The number of piperidine rings is 1. The number of likely N-dealkylation sites (tertiary alicyclic amines) is 1. The molecule has 1 fully saturated rings. The van der Waals surface area contributed by atoms with Crippen LogP contribution in [0.5, 0.6) is 0 Å². The van der Waals surface area contributed by atoms with Gasteiger partial charge in [-0.2, -0.15) is 0 Å². The van der Waals surface area contributed by atoms with Crippen molar-refractivity contribution in [2.24, 2.45) is 0 Å². The molecule has 1 amide bonds. The van der Waals surface area contributed by atoms with E-state index in [1.807, 2.05) is 11.1 Å². The number of hydrogen-bond acceptors (Lipinski definition) is 5. The van der Waals surface area contributed by atoms with Gasteiger partial charge in [-0.15, -0.1) is 0 Å². The second kappa shape index (κ2) is 6.87. The van der Waals surface area contributed by atoms with Crippen molar-refractivity contribution in [2.75, 3.05) is 20.2 Å². The molecule has 1 aliphatic rings. The highest BCUT2D eigenvalue weighted by atomic mass is 16.5. The van der Waals surface area contributed by atoms with E-state index in [1.54, 1.807) is 19.5 Å². The van der Waals surface area contributed by atoms with E-state index in [-0.39, 0.29) is 5.91 Å².